The summed E-state index contributed by atoms with van der Waals surface area (Å²) in [6.45, 7) is 0. The van der Waals surface area contributed by atoms with Gasteiger partial charge in [0.1, 0.15) is 0 Å². The van der Waals surface area contributed by atoms with Crippen LogP contribution in [0.4, 0.5) is 0 Å². The Labute approximate surface area is 65.8 Å². The normalized spacial score (nSPS) is 8.40. The molecular weight excluding hydrogens is 148 g/mol. The second-order valence-electron chi connectivity index (χ2n) is 1.82. The minimum Gasteiger partial charge on any atom is -0.281 e. The smallest absolute Gasteiger partial charge is 0.226 e. The van der Waals surface area contributed by atoms with Crippen LogP contribution in [0.1, 0.15) is 12.8 Å². The van der Waals surface area contributed by atoms with Gasteiger partial charge in [-0.05, 0) is 11.6 Å². The molecule has 0 aliphatic carbocycles. The summed E-state index contributed by atoms with van der Waals surface area (Å²) in [4.78, 5) is 10.5. The van der Waals surface area contributed by atoms with Crippen LogP contribution in [0.3, 0.4) is 0 Å². The SMILES string of the molecule is C#CCC(CC#C)C(=O)Cl. The number of rotatable bonds is 3. The molecule has 0 bridgehead atoms. The Kier molecular flexibility index (Phi) is 4.46. The molecule has 0 aliphatic rings. The summed E-state index contributed by atoms with van der Waals surface area (Å²) in [5.74, 6) is 4.30. The molecule has 0 unspecified atom stereocenters. The Morgan fingerprint density at radius 2 is 1.80 bits per heavy atom. The highest BCUT2D eigenvalue weighted by Crippen LogP contribution is 2.10. The first-order chi connectivity index (χ1) is 4.72. The number of carbonyl (C=O) groups excluding carboxylic acids is 1. The van der Waals surface area contributed by atoms with E-state index in [1.807, 2.05) is 0 Å². The van der Waals surface area contributed by atoms with Crippen molar-refractivity contribution in [2.45, 2.75) is 12.8 Å². The van der Waals surface area contributed by atoms with Gasteiger partial charge in [0.05, 0.1) is 5.92 Å². The second kappa shape index (κ2) is 4.91. The number of halogens is 1. The van der Waals surface area contributed by atoms with Crippen LogP contribution >= 0.6 is 11.6 Å². The van der Waals surface area contributed by atoms with E-state index >= 15 is 0 Å². The lowest BCUT2D eigenvalue weighted by atomic mass is 10.0. The lowest BCUT2D eigenvalue weighted by Crippen LogP contribution is -2.06. The van der Waals surface area contributed by atoms with Gasteiger partial charge in [0.25, 0.3) is 0 Å². The van der Waals surface area contributed by atoms with E-state index < -0.39 is 5.24 Å². The van der Waals surface area contributed by atoms with Gasteiger partial charge in [0, 0.05) is 12.8 Å². The van der Waals surface area contributed by atoms with Crippen LogP contribution in [0.5, 0.6) is 0 Å². The van der Waals surface area contributed by atoms with Crippen molar-refractivity contribution in [1.82, 2.24) is 0 Å². The van der Waals surface area contributed by atoms with E-state index in [1.54, 1.807) is 0 Å². The first kappa shape index (κ1) is 9.08. The maximum atomic E-state index is 10.5. The minimum absolute atomic E-state index is 0.326. The summed E-state index contributed by atoms with van der Waals surface area (Å²) in [7, 11) is 0. The van der Waals surface area contributed by atoms with Crippen molar-refractivity contribution >= 4 is 16.8 Å². The molecule has 0 heterocycles. The summed E-state index contributed by atoms with van der Waals surface area (Å²) < 4.78 is 0. The second-order valence-corrected chi connectivity index (χ2v) is 2.19. The van der Waals surface area contributed by atoms with E-state index in [0.717, 1.165) is 0 Å². The maximum absolute atomic E-state index is 10.5. The zero-order chi connectivity index (χ0) is 7.98. The fraction of sp³-hybridized carbons (Fsp3) is 0.375. The summed E-state index contributed by atoms with van der Waals surface area (Å²) in [5.41, 5.74) is 0. The molecule has 1 nitrogen and oxygen atoms in total. The highest BCUT2D eigenvalue weighted by molar-refractivity contribution is 6.64. The maximum Gasteiger partial charge on any atom is 0.226 e. The molecular formula is C8H7ClO. The topological polar surface area (TPSA) is 17.1 Å². The van der Waals surface area contributed by atoms with Gasteiger partial charge in [0.15, 0.2) is 0 Å². The van der Waals surface area contributed by atoms with Crippen LogP contribution in [0.25, 0.3) is 0 Å². The molecule has 0 atom stereocenters. The van der Waals surface area contributed by atoms with Gasteiger partial charge in [-0.1, -0.05) is 0 Å². The predicted molar refractivity (Wildman–Crippen MR) is 41.3 cm³/mol. The van der Waals surface area contributed by atoms with Crippen molar-refractivity contribution in [1.29, 1.82) is 0 Å². The van der Waals surface area contributed by atoms with E-state index in [1.165, 1.54) is 0 Å². The monoisotopic (exact) mass is 154 g/mol. The Morgan fingerprint density at radius 3 is 2.00 bits per heavy atom. The molecule has 0 aromatic carbocycles. The first-order valence-corrected chi connectivity index (χ1v) is 3.16. The van der Waals surface area contributed by atoms with Crippen molar-refractivity contribution in [3.8, 4) is 24.7 Å². The molecule has 0 fully saturated rings. The zero-order valence-electron chi connectivity index (χ0n) is 5.43. The number of terminal acetylenes is 2. The van der Waals surface area contributed by atoms with E-state index in [-0.39, 0.29) is 5.92 Å². The van der Waals surface area contributed by atoms with Crippen LogP contribution in [0.2, 0.25) is 0 Å². The number of hydrogen-bond donors (Lipinski definition) is 0. The highest BCUT2D eigenvalue weighted by Gasteiger charge is 2.12. The van der Waals surface area contributed by atoms with Crippen molar-refractivity contribution in [3.63, 3.8) is 0 Å². The third-order valence-corrected chi connectivity index (χ3v) is 1.36. The number of carbonyl (C=O) groups is 1. The predicted octanol–water partition coefficient (Wildman–Crippen LogP) is 1.41. The van der Waals surface area contributed by atoms with Crippen LogP contribution in [-0.4, -0.2) is 5.24 Å². The van der Waals surface area contributed by atoms with Gasteiger partial charge in [0.2, 0.25) is 5.24 Å². The van der Waals surface area contributed by atoms with Crippen LogP contribution in [-0.2, 0) is 4.79 Å². The molecule has 0 amide bonds. The Balaban J connectivity index is 3.90. The molecule has 0 saturated carbocycles. The largest absolute Gasteiger partial charge is 0.281 e. The minimum atomic E-state index is -0.448. The molecule has 0 N–H and O–H groups in total. The van der Waals surface area contributed by atoms with Crippen molar-refractivity contribution in [2.24, 2.45) is 5.92 Å². The standard InChI is InChI=1S/C8H7ClO/c1-3-5-7(6-4-2)8(9)10/h1-2,7H,5-6H2. The first-order valence-electron chi connectivity index (χ1n) is 2.78. The van der Waals surface area contributed by atoms with E-state index in [9.17, 15) is 4.79 Å². The van der Waals surface area contributed by atoms with Gasteiger partial charge in [-0.2, -0.15) is 0 Å². The van der Waals surface area contributed by atoms with E-state index in [2.05, 4.69) is 11.8 Å². The quantitative estimate of drug-likeness (QED) is 0.444. The van der Waals surface area contributed by atoms with Crippen LogP contribution in [0, 0.1) is 30.6 Å². The summed E-state index contributed by atoms with van der Waals surface area (Å²) in [5, 5.41) is -0.448. The summed E-state index contributed by atoms with van der Waals surface area (Å²) >= 11 is 5.17. The molecule has 0 saturated heterocycles. The van der Waals surface area contributed by atoms with Crippen molar-refractivity contribution < 1.29 is 4.79 Å². The highest BCUT2D eigenvalue weighted by atomic mass is 35.5. The van der Waals surface area contributed by atoms with Gasteiger partial charge < -0.3 is 0 Å². The molecule has 0 aliphatic heterocycles. The Bertz CT molecular complexity index is 178. The molecule has 0 aromatic heterocycles. The summed E-state index contributed by atoms with van der Waals surface area (Å²) in [6, 6.07) is 0. The molecule has 0 spiro atoms. The van der Waals surface area contributed by atoms with Gasteiger partial charge in [-0.15, -0.1) is 24.7 Å². The van der Waals surface area contributed by atoms with E-state index in [4.69, 9.17) is 24.4 Å². The zero-order valence-corrected chi connectivity index (χ0v) is 6.19. The molecule has 10 heavy (non-hydrogen) atoms. The fourth-order valence-corrected chi connectivity index (χ4v) is 0.671. The molecule has 0 rings (SSSR count). The fourth-order valence-electron chi connectivity index (χ4n) is 0.517. The van der Waals surface area contributed by atoms with Gasteiger partial charge in [-0.25, -0.2) is 0 Å². The lowest BCUT2D eigenvalue weighted by molar-refractivity contribution is -0.114. The Hall–Kier alpha value is -0.920. The molecule has 2 heteroatoms. The molecule has 0 aromatic rings. The van der Waals surface area contributed by atoms with E-state index in [0.29, 0.717) is 12.8 Å². The Morgan fingerprint density at radius 1 is 1.40 bits per heavy atom. The molecule has 52 valence electrons. The average molecular weight is 155 g/mol. The van der Waals surface area contributed by atoms with Gasteiger partial charge in [-0.3, -0.25) is 4.79 Å². The van der Waals surface area contributed by atoms with Gasteiger partial charge >= 0.3 is 0 Å². The number of hydrogen-bond acceptors (Lipinski definition) is 1. The van der Waals surface area contributed by atoms with Crippen LogP contribution < -0.4 is 0 Å². The molecule has 0 radical (unpaired) electrons. The third-order valence-electron chi connectivity index (χ3n) is 1.05. The van der Waals surface area contributed by atoms with Crippen molar-refractivity contribution in [2.75, 3.05) is 0 Å². The lowest BCUT2D eigenvalue weighted by Gasteiger charge is -2.01. The van der Waals surface area contributed by atoms with Crippen molar-refractivity contribution in [3.05, 3.63) is 0 Å². The summed E-state index contributed by atoms with van der Waals surface area (Å²) in [6.07, 6.45) is 10.6. The average Bonchev–Trinajstić information content (AvgIpc) is 1.87. The van der Waals surface area contributed by atoms with Crippen LogP contribution in [0.15, 0.2) is 0 Å². The third kappa shape index (κ3) is 3.17.